The smallest absolute Gasteiger partial charge is 0.0470 e. The Hall–Kier alpha value is -0.560. The van der Waals surface area contributed by atoms with Gasteiger partial charge in [-0.05, 0) is 42.9 Å². The molecule has 0 heterocycles. The molecule has 0 aromatic heterocycles. The number of aliphatic hydroxyl groups is 1. The van der Waals surface area contributed by atoms with Gasteiger partial charge in [0.05, 0.1) is 0 Å². The van der Waals surface area contributed by atoms with Crippen molar-refractivity contribution in [3.05, 3.63) is 23.8 Å². The Morgan fingerprint density at radius 1 is 1.24 bits per heavy atom. The standard InChI is InChI=1S/C16H24O/c17-12-15-13-6-4-10-16(15,11-5-7-13)14-8-2-1-3-9-14/h1-2,8,13,15,17H,3-7,9-12H2. The van der Waals surface area contributed by atoms with Crippen LogP contribution in [0.25, 0.3) is 0 Å². The number of allylic oxidation sites excluding steroid dienone is 4. The minimum atomic E-state index is 0.376. The molecule has 2 bridgehead atoms. The largest absolute Gasteiger partial charge is 0.396 e. The van der Waals surface area contributed by atoms with Crippen molar-refractivity contribution in [3.63, 3.8) is 0 Å². The minimum Gasteiger partial charge on any atom is -0.396 e. The third kappa shape index (κ3) is 1.79. The molecule has 0 aliphatic heterocycles. The van der Waals surface area contributed by atoms with Crippen LogP contribution < -0.4 is 0 Å². The number of fused-ring (bicyclic) bond motifs is 2. The molecule has 94 valence electrons. The fourth-order valence-electron chi connectivity index (χ4n) is 4.75. The second-order valence-corrected chi connectivity index (χ2v) is 6.15. The van der Waals surface area contributed by atoms with E-state index in [-0.39, 0.29) is 0 Å². The van der Waals surface area contributed by atoms with E-state index >= 15 is 0 Å². The van der Waals surface area contributed by atoms with Crippen molar-refractivity contribution in [3.8, 4) is 0 Å². The van der Waals surface area contributed by atoms with Crippen LogP contribution in [0, 0.1) is 17.3 Å². The molecule has 1 N–H and O–H groups in total. The van der Waals surface area contributed by atoms with Crippen molar-refractivity contribution in [2.24, 2.45) is 17.3 Å². The van der Waals surface area contributed by atoms with Gasteiger partial charge >= 0.3 is 0 Å². The quantitative estimate of drug-likeness (QED) is 0.767. The molecule has 3 aliphatic carbocycles. The van der Waals surface area contributed by atoms with Gasteiger partial charge in [-0.3, -0.25) is 0 Å². The van der Waals surface area contributed by atoms with Gasteiger partial charge in [0.2, 0.25) is 0 Å². The fourth-order valence-corrected chi connectivity index (χ4v) is 4.75. The van der Waals surface area contributed by atoms with Crippen LogP contribution in [0.5, 0.6) is 0 Å². The van der Waals surface area contributed by atoms with Gasteiger partial charge in [0.25, 0.3) is 0 Å². The lowest BCUT2D eigenvalue weighted by atomic mass is 9.52. The maximum absolute atomic E-state index is 9.85. The lowest BCUT2D eigenvalue weighted by Crippen LogP contribution is -2.46. The molecule has 0 saturated heterocycles. The van der Waals surface area contributed by atoms with Gasteiger partial charge in [-0.1, -0.05) is 49.5 Å². The van der Waals surface area contributed by atoms with Crippen molar-refractivity contribution < 1.29 is 5.11 Å². The van der Waals surface area contributed by atoms with Crippen LogP contribution in [0.15, 0.2) is 23.8 Å². The Balaban J connectivity index is 1.95. The molecule has 1 unspecified atom stereocenters. The summed E-state index contributed by atoms with van der Waals surface area (Å²) in [6.07, 6.45) is 17.4. The predicted molar refractivity (Wildman–Crippen MR) is 70.7 cm³/mol. The van der Waals surface area contributed by atoms with E-state index in [0.29, 0.717) is 17.9 Å². The van der Waals surface area contributed by atoms with Gasteiger partial charge < -0.3 is 5.11 Å². The van der Waals surface area contributed by atoms with Gasteiger partial charge in [0.15, 0.2) is 0 Å². The van der Waals surface area contributed by atoms with Gasteiger partial charge in [-0.25, -0.2) is 0 Å². The molecule has 3 rings (SSSR count). The molecule has 3 aliphatic rings. The Morgan fingerprint density at radius 2 is 2.00 bits per heavy atom. The second kappa shape index (κ2) is 4.61. The summed E-state index contributed by atoms with van der Waals surface area (Å²) < 4.78 is 0. The van der Waals surface area contributed by atoms with Crippen molar-refractivity contribution in [2.45, 2.75) is 51.4 Å². The van der Waals surface area contributed by atoms with E-state index in [2.05, 4.69) is 18.2 Å². The highest BCUT2D eigenvalue weighted by atomic mass is 16.3. The summed E-state index contributed by atoms with van der Waals surface area (Å²) in [5.74, 6) is 1.36. The fraction of sp³-hybridized carbons (Fsp3) is 0.750. The predicted octanol–water partition coefficient (Wildman–Crippen LogP) is 3.84. The molecule has 0 spiro atoms. The van der Waals surface area contributed by atoms with E-state index in [1.165, 1.54) is 51.4 Å². The van der Waals surface area contributed by atoms with Gasteiger partial charge in [-0.15, -0.1) is 0 Å². The Labute approximate surface area is 105 Å². The molecule has 0 amide bonds. The van der Waals surface area contributed by atoms with Crippen LogP contribution in [0.3, 0.4) is 0 Å². The van der Waals surface area contributed by atoms with Gasteiger partial charge in [0.1, 0.15) is 0 Å². The van der Waals surface area contributed by atoms with Crippen molar-refractivity contribution in [1.82, 2.24) is 0 Å². The normalized spacial score (nSPS) is 41.1. The topological polar surface area (TPSA) is 20.2 Å². The van der Waals surface area contributed by atoms with Gasteiger partial charge in [0, 0.05) is 6.61 Å². The third-order valence-corrected chi connectivity index (χ3v) is 5.52. The summed E-state index contributed by atoms with van der Waals surface area (Å²) in [7, 11) is 0. The van der Waals surface area contributed by atoms with E-state index < -0.39 is 0 Å². The van der Waals surface area contributed by atoms with Gasteiger partial charge in [-0.2, -0.15) is 0 Å². The van der Waals surface area contributed by atoms with Crippen molar-refractivity contribution >= 4 is 0 Å². The molecule has 0 aromatic rings. The van der Waals surface area contributed by atoms with Crippen LogP contribution in [0.1, 0.15) is 51.4 Å². The lowest BCUT2D eigenvalue weighted by Gasteiger charge is -2.53. The average molecular weight is 232 g/mol. The first-order valence-corrected chi connectivity index (χ1v) is 7.34. The molecular weight excluding hydrogens is 208 g/mol. The molecular formula is C16H24O. The van der Waals surface area contributed by atoms with Crippen LogP contribution >= 0.6 is 0 Å². The van der Waals surface area contributed by atoms with Crippen molar-refractivity contribution in [1.29, 1.82) is 0 Å². The molecule has 2 fully saturated rings. The zero-order valence-electron chi connectivity index (χ0n) is 10.7. The monoisotopic (exact) mass is 232 g/mol. The number of hydrogen-bond acceptors (Lipinski definition) is 1. The summed E-state index contributed by atoms with van der Waals surface area (Å²) in [6.45, 7) is 0.408. The average Bonchev–Trinajstić information content (AvgIpc) is 2.38. The highest BCUT2D eigenvalue weighted by Crippen LogP contribution is 2.57. The lowest BCUT2D eigenvalue weighted by molar-refractivity contribution is -0.0163. The maximum atomic E-state index is 9.85. The first-order valence-electron chi connectivity index (χ1n) is 7.34. The molecule has 1 nitrogen and oxygen atoms in total. The summed E-state index contributed by atoms with van der Waals surface area (Å²) in [6, 6.07) is 0. The van der Waals surface area contributed by atoms with Crippen LogP contribution in [0.4, 0.5) is 0 Å². The SMILES string of the molecule is OCC1C2CCCC1(C1=CC=CCC1)CCC2. The maximum Gasteiger partial charge on any atom is 0.0470 e. The Morgan fingerprint density at radius 3 is 2.59 bits per heavy atom. The van der Waals surface area contributed by atoms with E-state index in [1.807, 2.05) is 0 Å². The van der Waals surface area contributed by atoms with E-state index in [0.717, 1.165) is 5.92 Å². The molecule has 1 atom stereocenters. The zero-order valence-corrected chi connectivity index (χ0v) is 10.7. The summed E-state index contributed by atoms with van der Waals surface area (Å²) >= 11 is 0. The first kappa shape index (κ1) is 11.5. The van der Waals surface area contributed by atoms with Crippen LogP contribution in [-0.2, 0) is 0 Å². The molecule has 2 saturated carbocycles. The van der Waals surface area contributed by atoms with Crippen LogP contribution in [0.2, 0.25) is 0 Å². The van der Waals surface area contributed by atoms with E-state index in [1.54, 1.807) is 5.57 Å². The zero-order chi connectivity index (χ0) is 11.7. The number of aliphatic hydroxyl groups excluding tert-OH is 1. The van der Waals surface area contributed by atoms with Crippen molar-refractivity contribution in [2.75, 3.05) is 6.61 Å². The highest BCUT2D eigenvalue weighted by molar-refractivity contribution is 5.27. The molecule has 17 heavy (non-hydrogen) atoms. The molecule has 0 aromatic carbocycles. The summed E-state index contributed by atoms with van der Waals surface area (Å²) in [5.41, 5.74) is 2.03. The first-order chi connectivity index (χ1) is 8.37. The summed E-state index contributed by atoms with van der Waals surface area (Å²) in [4.78, 5) is 0. The number of rotatable bonds is 2. The number of hydrogen-bond donors (Lipinski definition) is 1. The Bertz CT molecular complexity index is 329. The second-order valence-electron chi connectivity index (χ2n) is 6.15. The molecule has 1 heteroatoms. The highest BCUT2D eigenvalue weighted by Gasteiger charge is 2.49. The van der Waals surface area contributed by atoms with E-state index in [4.69, 9.17) is 0 Å². The minimum absolute atomic E-state index is 0.376. The third-order valence-electron chi connectivity index (χ3n) is 5.52. The van der Waals surface area contributed by atoms with E-state index in [9.17, 15) is 5.11 Å². The summed E-state index contributed by atoms with van der Waals surface area (Å²) in [5, 5.41) is 9.85. The molecule has 0 radical (unpaired) electrons. The van der Waals surface area contributed by atoms with Crippen LogP contribution in [-0.4, -0.2) is 11.7 Å². The Kier molecular flexibility index (Phi) is 3.12.